The van der Waals surface area contributed by atoms with E-state index in [1.807, 2.05) is 64.5 Å². The largest absolute Gasteiger partial charge is 0.486 e. The van der Waals surface area contributed by atoms with Crippen molar-refractivity contribution in [1.82, 2.24) is 14.7 Å². The molecule has 0 radical (unpaired) electrons. The molecule has 2 aromatic heterocycles. The summed E-state index contributed by atoms with van der Waals surface area (Å²) in [5.41, 5.74) is 3.93. The Morgan fingerprint density at radius 2 is 1.91 bits per heavy atom. The molecule has 1 unspecified atom stereocenters. The third kappa shape index (κ3) is 4.08. The maximum atomic E-state index is 13.0. The minimum absolute atomic E-state index is 0.0201. The van der Waals surface area contributed by atoms with Crippen molar-refractivity contribution in [2.75, 3.05) is 13.2 Å². The number of fused-ring (bicyclic) bond motifs is 2. The highest BCUT2D eigenvalue weighted by Crippen LogP contribution is 2.34. The van der Waals surface area contributed by atoms with Gasteiger partial charge in [-0.2, -0.15) is 0 Å². The molecule has 1 amide bonds. The molecular formula is C25H25N3O3S. The van der Waals surface area contributed by atoms with E-state index in [4.69, 9.17) is 14.5 Å². The van der Waals surface area contributed by atoms with Crippen LogP contribution in [0.4, 0.5) is 0 Å². The Labute approximate surface area is 190 Å². The summed E-state index contributed by atoms with van der Waals surface area (Å²) in [4.78, 5) is 18.6. The van der Waals surface area contributed by atoms with Gasteiger partial charge in [-0.3, -0.25) is 9.20 Å². The van der Waals surface area contributed by atoms with E-state index in [0.717, 1.165) is 39.0 Å². The van der Waals surface area contributed by atoms with Gasteiger partial charge in [0.2, 0.25) is 5.91 Å². The van der Waals surface area contributed by atoms with Gasteiger partial charge in [-0.25, -0.2) is 4.98 Å². The van der Waals surface area contributed by atoms with Crippen LogP contribution in [0.15, 0.2) is 60.1 Å². The standard InChI is InChI=1S/C25H25N3O3S/c1-16(2)24(18-8-9-21-22(12-18)31-11-10-30-21)27-23(29)13-19-15-32-25-26-20(14-28(19)25)17-6-4-3-5-7-17/h3-9,12,14-16,24H,10-11,13H2,1-2H3,(H,27,29). The van der Waals surface area contributed by atoms with Crippen LogP contribution in [-0.4, -0.2) is 28.5 Å². The number of hydrogen-bond acceptors (Lipinski definition) is 5. The molecule has 1 aliphatic heterocycles. The third-order valence-corrected chi connectivity index (χ3v) is 6.49. The molecule has 0 spiro atoms. The molecule has 1 N–H and O–H groups in total. The average Bonchev–Trinajstić information content (AvgIpc) is 3.39. The minimum Gasteiger partial charge on any atom is -0.486 e. The van der Waals surface area contributed by atoms with E-state index in [-0.39, 0.29) is 17.9 Å². The quantitative estimate of drug-likeness (QED) is 0.457. The Balaban J connectivity index is 1.34. The van der Waals surface area contributed by atoms with E-state index < -0.39 is 0 Å². The van der Waals surface area contributed by atoms with Crippen molar-refractivity contribution in [3.63, 3.8) is 0 Å². The molecule has 0 bridgehead atoms. The van der Waals surface area contributed by atoms with Gasteiger partial charge in [-0.15, -0.1) is 11.3 Å². The molecule has 0 saturated carbocycles. The SMILES string of the molecule is CC(C)C(NC(=O)Cc1csc2nc(-c3ccccc3)cn12)c1ccc2c(c1)OCCO2. The van der Waals surface area contributed by atoms with E-state index in [9.17, 15) is 4.79 Å². The number of amides is 1. The molecule has 0 aliphatic carbocycles. The number of hydrogen-bond donors (Lipinski definition) is 1. The first-order valence-corrected chi connectivity index (χ1v) is 11.7. The predicted molar refractivity (Wildman–Crippen MR) is 125 cm³/mol. The fourth-order valence-corrected chi connectivity index (χ4v) is 4.85. The topological polar surface area (TPSA) is 64.9 Å². The van der Waals surface area contributed by atoms with Gasteiger partial charge in [0.1, 0.15) is 13.2 Å². The third-order valence-electron chi connectivity index (χ3n) is 5.60. The number of carbonyl (C=O) groups is 1. The Hall–Kier alpha value is -3.32. The number of imidazole rings is 1. The van der Waals surface area contributed by atoms with Gasteiger partial charge >= 0.3 is 0 Å². The van der Waals surface area contributed by atoms with Gasteiger partial charge in [0.25, 0.3) is 0 Å². The monoisotopic (exact) mass is 447 g/mol. The number of aromatic nitrogens is 2. The molecule has 4 aromatic rings. The number of nitrogens with zero attached hydrogens (tertiary/aromatic N) is 2. The van der Waals surface area contributed by atoms with Gasteiger partial charge in [-0.05, 0) is 23.6 Å². The van der Waals surface area contributed by atoms with E-state index >= 15 is 0 Å². The van der Waals surface area contributed by atoms with Crippen LogP contribution in [-0.2, 0) is 11.2 Å². The maximum Gasteiger partial charge on any atom is 0.226 e. The van der Waals surface area contributed by atoms with Crippen LogP contribution >= 0.6 is 11.3 Å². The molecule has 0 saturated heterocycles. The van der Waals surface area contributed by atoms with E-state index in [0.29, 0.717) is 19.6 Å². The van der Waals surface area contributed by atoms with Crippen LogP contribution in [0.1, 0.15) is 31.1 Å². The Morgan fingerprint density at radius 1 is 1.12 bits per heavy atom. The zero-order valence-electron chi connectivity index (χ0n) is 18.1. The Kier molecular flexibility index (Phi) is 5.57. The van der Waals surface area contributed by atoms with Crippen molar-refractivity contribution in [3.05, 3.63) is 71.4 Å². The molecule has 164 valence electrons. The molecule has 6 nitrogen and oxygen atoms in total. The summed E-state index contributed by atoms with van der Waals surface area (Å²) in [7, 11) is 0. The summed E-state index contributed by atoms with van der Waals surface area (Å²) in [5.74, 6) is 1.69. The average molecular weight is 448 g/mol. The zero-order chi connectivity index (χ0) is 22.1. The van der Waals surface area contributed by atoms with Gasteiger partial charge in [-0.1, -0.05) is 50.2 Å². The number of nitrogens with one attached hydrogen (secondary N) is 1. The second kappa shape index (κ2) is 8.67. The van der Waals surface area contributed by atoms with Crippen LogP contribution in [0.3, 0.4) is 0 Å². The molecule has 3 heterocycles. The van der Waals surface area contributed by atoms with Crippen molar-refractivity contribution in [1.29, 1.82) is 0 Å². The number of carbonyl (C=O) groups excluding carboxylic acids is 1. The normalized spacial score (nSPS) is 14.0. The first-order valence-electron chi connectivity index (χ1n) is 10.8. The fourth-order valence-electron chi connectivity index (χ4n) is 3.98. The van der Waals surface area contributed by atoms with E-state index in [2.05, 4.69) is 19.2 Å². The number of benzene rings is 2. The maximum absolute atomic E-state index is 13.0. The molecule has 1 aliphatic rings. The van der Waals surface area contributed by atoms with E-state index in [1.165, 1.54) is 0 Å². The smallest absolute Gasteiger partial charge is 0.226 e. The van der Waals surface area contributed by atoms with Crippen LogP contribution in [0.2, 0.25) is 0 Å². The molecular weight excluding hydrogens is 422 g/mol. The lowest BCUT2D eigenvalue weighted by atomic mass is 9.95. The summed E-state index contributed by atoms with van der Waals surface area (Å²) in [6.45, 7) is 5.31. The second-order valence-corrected chi connectivity index (χ2v) is 9.08. The molecule has 5 rings (SSSR count). The van der Waals surface area contributed by atoms with Crippen molar-refractivity contribution >= 4 is 22.2 Å². The van der Waals surface area contributed by atoms with Gasteiger partial charge in [0, 0.05) is 22.8 Å². The number of ether oxygens (including phenoxy) is 2. The number of rotatable bonds is 6. The predicted octanol–water partition coefficient (Wildman–Crippen LogP) is 4.89. The molecule has 32 heavy (non-hydrogen) atoms. The first-order chi connectivity index (χ1) is 15.6. The lowest BCUT2D eigenvalue weighted by Crippen LogP contribution is -2.33. The molecule has 0 fully saturated rings. The van der Waals surface area contributed by atoms with Crippen LogP contribution in [0, 0.1) is 5.92 Å². The molecule has 1 atom stereocenters. The summed E-state index contributed by atoms with van der Waals surface area (Å²) in [6, 6.07) is 15.9. The van der Waals surface area contributed by atoms with Gasteiger partial charge < -0.3 is 14.8 Å². The van der Waals surface area contributed by atoms with Crippen molar-refractivity contribution < 1.29 is 14.3 Å². The summed E-state index contributed by atoms with van der Waals surface area (Å²) >= 11 is 1.55. The van der Waals surface area contributed by atoms with Gasteiger partial charge in [0.05, 0.1) is 18.2 Å². The molecule has 2 aromatic carbocycles. The summed E-state index contributed by atoms with van der Waals surface area (Å²) < 4.78 is 13.4. The van der Waals surface area contributed by atoms with Crippen molar-refractivity contribution in [2.45, 2.75) is 26.3 Å². The lowest BCUT2D eigenvalue weighted by molar-refractivity contribution is -0.121. The summed E-state index contributed by atoms with van der Waals surface area (Å²) in [5, 5.41) is 5.22. The van der Waals surface area contributed by atoms with Gasteiger partial charge in [0.15, 0.2) is 16.5 Å². The fraction of sp³-hybridized carbons (Fsp3) is 0.280. The highest BCUT2D eigenvalue weighted by atomic mass is 32.1. The van der Waals surface area contributed by atoms with Crippen molar-refractivity contribution in [2.24, 2.45) is 5.92 Å². The zero-order valence-corrected chi connectivity index (χ0v) is 18.9. The Morgan fingerprint density at radius 3 is 2.69 bits per heavy atom. The number of thiazole rings is 1. The summed E-state index contributed by atoms with van der Waals surface area (Å²) in [6.07, 6.45) is 2.29. The second-order valence-electron chi connectivity index (χ2n) is 8.24. The van der Waals surface area contributed by atoms with Crippen LogP contribution < -0.4 is 14.8 Å². The lowest BCUT2D eigenvalue weighted by Gasteiger charge is -2.25. The highest BCUT2D eigenvalue weighted by Gasteiger charge is 2.22. The Bertz CT molecular complexity index is 1250. The van der Waals surface area contributed by atoms with E-state index in [1.54, 1.807) is 11.3 Å². The minimum atomic E-state index is -0.116. The van der Waals surface area contributed by atoms with Crippen LogP contribution in [0.5, 0.6) is 11.5 Å². The van der Waals surface area contributed by atoms with Crippen molar-refractivity contribution in [3.8, 4) is 22.8 Å². The first kappa shape index (κ1) is 20.6. The molecule has 7 heteroatoms. The van der Waals surface area contributed by atoms with Crippen LogP contribution in [0.25, 0.3) is 16.2 Å². The highest BCUT2D eigenvalue weighted by molar-refractivity contribution is 7.15.